The van der Waals surface area contributed by atoms with Gasteiger partial charge in [-0.25, -0.2) is 0 Å². The third kappa shape index (κ3) is 16.5. The van der Waals surface area contributed by atoms with Gasteiger partial charge in [0, 0.05) is 31.7 Å². The van der Waals surface area contributed by atoms with E-state index in [9.17, 15) is 8.42 Å². The molecule has 0 aliphatic heterocycles. The first-order valence-electron chi connectivity index (χ1n) is 15.0. The van der Waals surface area contributed by atoms with Crippen LogP contribution in [0.5, 0.6) is 0 Å². The van der Waals surface area contributed by atoms with Crippen LogP contribution in [-0.2, 0) is 30.5 Å². The fourth-order valence-corrected chi connectivity index (χ4v) is 11.1. The molecule has 3 aliphatic rings. The van der Waals surface area contributed by atoms with E-state index in [1.165, 1.54) is 41.8 Å². The summed E-state index contributed by atoms with van der Waals surface area (Å²) in [5.41, 5.74) is 12.5. The fourth-order valence-electron chi connectivity index (χ4n) is 6.41. The predicted octanol–water partition coefficient (Wildman–Crippen LogP) is 10.3. The van der Waals surface area contributed by atoms with Crippen molar-refractivity contribution in [3.8, 4) is 11.1 Å². The Hall–Kier alpha value is -0.178. The van der Waals surface area contributed by atoms with Crippen molar-refractivity contribution in [1.82, 2.24) is 0 Å². The molecule has 0 spiro atoms. The van der Waals surface area contributed by atoms with Gasteiger partial charge in [0.25, 0.3) is 10.1 Å². The van der Waals surface area contributed by atoms with Crippen LogP contribution in [0.3, 0.4) is 0 Å². The monoisotopic (exact) mass is 735 g/mol. The van der Waals surface area contributed by atoms with Crippen molar-refractivity contribution in [2.75, 3.05) is 17.3 Å². The maximum absolute atomic E-state index is 9.19. The first kappa shape index (κ1) is 38.8. The number of rotatable bonds is 4. The van der Waals surface area contributed by atoms with Crippen LogP contribution in [-0.4, -0.2) is 41.5 Å². The SMILES string of the molecule is C1CCC(P(C2CCCCC2)C2CCCCC2)CC1.CS(=O)(=O)O.ClCCl.Nc1ccccc1-c1ccccc1.[Pd]. The van der Waals surface area contributed by atoms with Crippen molar-refractivity contribution in [1.29, 1.82) is 0 Å². The molecule has 2 aromatic rings. The minimum Gasteiger partial charge on any atom is -0.398 e. The fraction of sp³-hybridized carbons (Fsp3) is 0.625. The van der Waals surface area contributed by atoms with Gasteiger partial charge in [-0.3, -0.25) is 4.55 Å². The second-order valence-electron chi connectivity index (χ2n) is 11.1. The summed E-state index contributed by atoms with van der Waals surface area (Å²) in [5, 5.41) is 0.194. The van der Waals surface area contributed by atoms with Crippen LogP contribution in [0, 0.1) is 0 Å². The van der Waals surface area contributed by atoms with Crippen LogP contribution in [0.2, 0.25) is 0 Å². The maximum atomic E-state index is 9.19. The van der Waals surface area contributed by atoms with Crippen LogP contribution in [0.1, 0.15) is 96.3 Å². The molecule has 0 amide bonds. The Bertz CT molecular complexity index is 979. The molecular weight excluding hydrogens is 687 g/mol. The average molecular weight is 737 g/mol. The molecule has 0 saturated heterocycles. The van der Waals surface area contributed by atoms with Crippen LogP contribution < -0.4 is 5.73 Å². The summed E-state index contributed by atoms with van der Waals surface area (Å²) in [4.78, 5) is 0. The van der Waals surface area contributed by atoms with Crippen molar-refractivity contribution in [2.24, 2.45) is 0 Å². The number of nitrogen functional groups attached to an aromatic ring is 1. The minimum atomic E-state index is -3.67. The van der Waals surface area contributed by atoms with E-state index in [4.69, 9.17) is 33.5 Å². The standard InChI is InChI=1S/C18H33P.C12H11N.CH2Cl2.CH4O3S.Pd/c1-4-10-16(11-5-1)19(17-12-6-2-7-13-17)18-14-8-3-9-15-18;13-12-9-5-4-8-11(12)10-6-2-1-3-7-10;2-1-3;1-5(2,3)4;/h16-18H,1-15H2;1-9H,13H2;1H2;1H3,(H,2,3,4);. The largest absolute Gasteiger partial charge is 0.398 e. The smallest absolute Gasteiger partial charge is 0.261 e. The molecule has 236 valence electrons. The molecule has 0 heterocycles. The summed E-state index contributed by atoms with van der Waals surface area (Å²) in [6.45, 7) is 0. The zero-order chi connectivity index (χ0) is 29.2. The van der Waals surface area contributed by atoms with Gasteiger partial charge in [-0.2, -0.15) is 8.42 Å². The molecule has 3 N–H and O–H groups in total. The summed E-state index contributed by atoms with van der Waals surface area (Å²) in [6.07, 6.45) is 24.3. The Balaban J connectivity index is 0.000000332. The Morgan fingerprint density at radius 1 is 0.707 bits per heavy atom. The molecule has 0 unspecified atom stereocenters. The van der Waals surface area contributed by atoms with E-state index in [1.54, 1.807) is 77.0 Å². The van der Waals surface area contributed by atoms with Gasteiger partial charge >= 0.3 is 0 Å². The predicted molar refractivity (Wildman–Crippen MR) is 178 cm³/mol. The Kier molecular flexibility index (Phi) is 21.2. The minimum absolute atomic E-state index is 0. The Morgan fingerprint density at radius 2 is 1.02 bits per heavy atom. The number of nitrogens with two attached hydrogens (primary N) is 1. The summed E-state index contributed by atoms with van der Waals surface area (Å²) in [5.74, 6) is 0. The van der Waals surface area contributed by atoms with Gasteiger partial charge in [0.05, 0.1) is 11.6 Å². The van der Waals surface area contributed by atoms with E-state index in [2.05, 4.69) is 12.1 Å². The van der Waals surface area contributed by atoms with Crippen LogP contribution in [0.4, 0.5) is 5.69 Å². The van der Waals surface area contributed by atoms with E-state index >= 15 is 0 Å². The number of para-hydroxylation sites is 1. The number of alkyl halides is 2. The molecule has 0 radical (unpaired) electrons. The van der Waals surface area contributed by atoms with Gasteiger partial charge in [0.2, 0.25) is 0 Å². The number of halogens is 2. The van der Waals surface area contributed by atoms with E-state index in [0.29, 0.717) is 14.2 Å². The number of benzene rings is 2. The normalized spacial score (nSPS) is 18.4. The third-order valence-electron chi connectivity index (χ3n) is 8.03. The van der Waals surface area contributed by atoms with Gasteiger partial charge in [0.15, 0.2) is 0 Å². The first-order valence-corrected chi connectivity index (χ1v) is 19.4. The van der Waals surface area contributed by atoms with E-state index in [-0.39, 0.29) is 25.8 Å². The average Bonchev–Trinajstić information content (AvgIpc) is 2.96. The molecular formula is C32H50Cl2NO3PPdS. The van der Waals surface area contributed by atoms with Crippen molar-refractivity contribution >= 4 is 46.9 Å². The molecule has 3 saturated carbocycles. The van der Waals surface area contributed by atoms with Gasteiger partial charge in [-0.05, 0) is 67.1 Å². The molecule has 9 heteroatoms. The number of anilines is 1. The van der Waals surface area contributed by atoms with E-state index < -0.39 is 10.1 Å². The van der Waals surface area contributed by atoms with Crippen molar-refractivity contribution < 1.29 is 33.4 Å². The van der Waals surface area contributed by atoms with Crippen molar-refractivity contribution in [3.05, 3.63) is 54.6 Å². The van der Waals surface area contributed by atoms with E-state index in [1.807, 2.05) is 42.5 Å². The van der Waals surface area contributed by atoms with E-state index in [0.717, 1.165) is 11.3 Å². The maximum Gasteiger partial charge on any atom is 0.261 e. The summed E-state index contributed by atoms with van der Waals surface area (Å²) in [6, 6.07) is 18.1. The zero-order valence-corrected chi connectivity index (χ0v) is 29.3. The molecule has 4 nitrogen and oxygen atoms in total. The Morgan fingerprint density at radius 3 is 1.37 bits per heavy atom. The van der Waals surface area contributed by atoms with Gasteiger partial charge in [-0.1, -0.05) is 114 Å². The van der Waals surface area contributed by atoms with Gasteiger partial charge in [0.1, 0.15) is 0 Å². The molecule has 0 atom stereocenters. The molecule has 3 aliphatic carbocycles. The second-order valence-corrected chi connectivity index (χ2v) is 16.5. The quantitative estimate of drug-likeness (QED) is 0.108. The summed E-state index contributed by atoms with van der Waals surface area (Å²) < 4.78 is 25.9. The van der Waals surface area contributed by atoms with Gasteiger partial charge < -0.3 is 5.73 Å². The van der Waals surface area contributed by atoms with Crippen LogP contribution in [0.25, 0.3) is 11.1 Å². The number of hydrogen-bond acceptors (Lipinski definition) is 3. The molecule has 0 aromatic heterocycles. The third-order valence-corrected chi connectivity index (χ3v) is 12.1. The van der Waals surface area contributed by atoms with Gasteiger partial charge in [-0.15, -0.1) is 23.2 Å². The molecule has 3 fully saturated rings. The Labute approximate surface area is 275 Å². The van der Waals surface area contributed by atoms with Crippen molar-refractivity contribution in [3.63, 3.8) is 0 Å². The van der Waals surface area contributed by atoms with Crippen molar-refractivity contribution in [2.45, 2.75) is 113 Å². The molecule has 0 bridgehead atoms. The zero-order valence-electron chi connectivity index (χ0n) is 24.5. The number of hydrogen-bond donors (Lipinski definition) is 2. The molecule has 41 heavy (non-hydrogen) atoms. The summed E-state index contributed by atoms with van der Waals surface area (Å²) >= 11 is 9.53. The first-order chi connectivity index (χ1) is 19.2. The molecule has 5 rings (SSSR count). The topological polar surface area (TPSA) is 80.4 Å². The molecule has 2 aromatic carbocycles. The van der Waals surface area contributed by atoms with Crippen LogP contribution >= 0.6 is 31.1 Å². The summed E-state index contributed by atoms with van der Waals surface area (Å²) in [7, 11) is -3.28. The van der Waals surface area contributed by atoms with Crippen LogP contribution in [0.15, 0.2) is 54.6 Å². The second kappa shape index (κ2) is 22.3.